The molecule has 0 aliphatic heterocycles. The number of nitrogens with one attached hydrogen (secondary N) is 1. The van der Waals surface area contributed by atoms with Gasteiger partial charge in [0.2, 0.25) is 0 Å². The van der Waals surface area contributed by atoms with E-state index in [4.69, 9.17) is 0 Å². The Morgan fingerprint density at radius 1 is 1.37 bits per heavy atom. The SMILES string of the molecule is O=C(CCOCC(F)F)c1c[nH]c2cccc(F)c12. The predicted molar refractivity (Wildman–Crippen MR) is 64.0 cm³/mol. The van der Waals surface area contributed by atoms with Crippen molar-refractivity contribution in [2.75, 3.05) is 13.2 Å². The standard InChI is InChI=1S/C13H12F3NO2/c14-9-2-1-3-10-13(9)8(6-17-10)11(18)4-5-19-7-12(15)16/h1-3,6,12,17H,4-5,7H2. The molecule has 2 aromatic rings. The minimum atomic E-state index is -2.55. The number of benzene rings is 1. The van der Waals surface area contributed by atoms with E-state index < -0.39 is 18.8 Å². The van der Waals surface area contributed by atoms with Crippen molar-refractivity contribution in [2.45, 2.75) is 12.8 Å². The van der Waals surface area contributed by atoms with Crippen molar-refractivity contribution < 1.29 is 22.7 Å². The Balaban J connectivity index is 2.05. The van der Waals surface area contributed by atoms with Gasteiger partial charge in [0.1, 0.15) is 12.4 Å². The highest BCUT2D eigenvalue weighted by atomic mass is 19.3. The molecule has 0 aliphatic rings. The summed E-state index contributed by atoms with van der Waals surface area (Å²) in [4.78, 5) is 14.7. The molecule has 2 rings (SSSR count). The first-order chi connectivity index (χ1) is 9.09. The van der Waals surface area contributed by atoms with Gasteiger partial charge in [-0.15, -0.1) is 0 Å². The molecule has 0 aliphatic carbocycles. The smallest absolute Gasteiger partial charge is 0.261 e. The van der Waals surface area contributed by atoms with Crippen LogP contribution in [0.15, 0.2) is 24.4 Å². The molecule has 0 saturated heterocycles. The van der Waals surface area contributed by atoms with Crippen molar-refractivity contribution in [1.29, 1.82) is 0 Å². The van der Waals surface area contributed by atoms with Gasteiger partial charge in [-0.25, -0.2) is 13.2 Å². The Kier molecular flexibility index (Phi) is 4.21. The summed E-state index contributed by atoms with van der Waals surface area (Å²) in [6.45, 7) is -0.806. The van der Waals surface area contributed by atoms with Crippen LogP contribution in [0.1, 0.15) is 16.8 Å². The summed E-state index contributed by atoms with van der Waals surface area (Å²) in [6, 6.07) is 4.46. The zero-order valence-electron chi connectivity index (χ0n) is 9.96. The largest absolute Gasteiger partial charge is 0.375 e. The van der Waals surface area contributed by atoms with Gasteiger partial charge in [0.25, 0.3) is 6.43 Å². The van der Waals surface area contributed by atoms with E-state index in [9.17, 15) is 18.0 Å². The minimum absolute atomic E-state index is 0.0615. The van der Waals surface area contributed by atoms with E-state index in [0.29, 0.717) is 5.52 Å². The number of aromatic nitrogens is 1. The Morgan fingerprint density at radius 3 is 2.89 bits per heavy atom. The van der Waals surface area contributed by atoms with Gasteiger partial charge < -0.3 is 9.72 Å². The Hall–Kier alpha value is -1.82. The van der Waals surface area contributed by atoms with Crippen LogP contribution in [0, 0.1) is 5.82 Å². The average molecular weight is 271 g/mol. The molecule has 102 valence electrons. The summed E-state index contributed by atoms with van der Waals surface area (Å²) in [7, 11) is 0. The van der Waals surface area contributed by atoms with Crippen LogP contribution in [0.4, 0.5) is 13.2 Å². The lowest BCUT2D eigenvalue weighted by Crippen LogP contribution is -2.09. The lowest BCUT2D eigenvalue weighted by Gasteiger charge is -2.03. The highest BCUT2D eigenvalue weighted by molar-refractivity contribution is 6.08. The van der Waals surface area contributed by atoms with E-state index in [1.807, 2.05) is 0 Å². The van der Waals surface area contributed by atoms with Gasteiger partial charge in [0.05, 0.1) is 6.61 Å². The van der Waals surface area contributed by atoms with E-state index >= 15 is 0 Å². The second kappa shape index (κ2) is 5.88. The van der Waals surface area contributed by atoms with E-state index in [2.05, 4.69) is 9.72 Å². The maximum absolute atomic E-state index is 13.6. The Morgan fingerprint density at radius 2 is 2.16 bits per heavy atom. The number of fused-ring (bicyclic) bond motifs is 1. The van der Waals surface area contributed by atoms with Crippen molar-refractivity contribution in [2.24, 2.45) is 0 Å². The van der Waals surface area contributed by atoms with Crippen LogP contribution in [-0.4, -0.2) is 30.4 Å². The lowest BCUT2D eigenvalue weighted by molar-refractivity contribution is 0.0170. The number of halogens is 3. The molecular weight excluding hydrogens is 259 g/mol. The molecule has 0 saturated carbocycles. The van der Waals surface area contributed by atoms with Crippen molar-refractivity contribution >= 4 is 16.7 Å². The second-order valence-electron chi connectivity index (χ2n) is 4.00. The summed E-state index contributed by atoms with van der Waals surface area (Å²) in [5.41, 5.74) is 0.741. The molecule has 3 nitrogen and oxygen atoms in total. The molecule has 0 unspecified atom stereocenters. The van der Waals surface area contributed by atoms with Crippen molar-refractivity contribution in [3.63, 3.8) is 0 Å². The number of aromatic amines is 1. The van der Waals surface area contributed by atoms with Gasteiger partial charge in [0, 0.05) is 29.1 Å². The fourth-order valence-electron chi connectivity index (χ4n) is 1.83. The fraction of sp³-hybridized carbons (Fsp3) is 0.308. The third-order valence-corrected chi connectivity index (χ3v) is 2.67. The summed E-state index contributed by atoms with van der Waals surface area (Å²) in [5, 5.41) is 0.223. The molecule has 0 bridgehead atoms. The van der Waals surface area contributed by atoms with Crippen LogP contribution < -0.4 is 0 Å². The molecule has 0 fully saturated rings. The van der Waals surface area contributed by atoms with E-state index in [0.717, 1.165) is 0 Å². The molecule has 1 aromatic heterocycles. The first-order valence-corrected chi connectivity index (χ1v) is 5.74. The van der Waals surface area contributed by atoms with Crippen LogP contribution in [0.2, 0.25) is 0 Å². The highest BCUT2D eigenvalue weighted by Crippen LogP contribution is 2.22. The molecule has 0 spiro atoms. The summed E-state index contributed by atoms with van der Waals surface area (Å²) in [6.07, 6.45) is -1.20. The van der Waals surface area contributed by atoms with Gasteiger partial charge in [-0.05, 0) is 12.1 Å². The van der Waals surface area contributed by atoms with Gasteiger partial charge in [-0.2, -0.15) is 0 Å². The molecule has 19 heavy (non-hydrogen) atoms. The highest BCUT2D eigenvalue weighted by Gasteiger charge is 2.15. The van der Waals surface area contributed by atoms with E-state index in [1.165, 1.54) is 18.3 Å². The summed E-state index contributed by atoms with van der Waals surface area (Å²) < 4.78 is 41.9. The van der Waals surface area contributed by atoms with Crippen molar-refractivity contribution in [3.05, 3.63) is 35.8 Å². The van der Waals surface area contributed by atoms with E-state index in [1.54, 1.807) is 6.07 Å². The lowest BCUT2D eigenvalue weighted by atomic mass is 10.1. The number of rotatable bonds is 6. The number of carbonyl (C=O) groups excluding carboxylic acids is 1. The molecule has 1 aromatic carbocycles. The van der Waals surface area contributed by atoms with Crippen LogP contribution in [0.5, 0.6) is 0 Å². The van der Waals surface area contributed by atoms with Gasteiger partial charge in [-0.1, -0.05) is 6.07 Å². The first kappa shape index (κ1) is 13.6. The quantitative estimate of drug-likeness (QED) is 0.647. The number of ether oxygens (including phenoxy) is 1. The summed E-state index contributed by atoms with van der Waals surface area (Å²) in [5.74, 6) is -0.832. The third kappa shape index (κ3) is 3.14. The Labute approximate surface area is 107 Å². The van der Waals surface area contributed by atoms with Crippen molar-refractivity contribution in [1.82, 2.24) is 4.98 Å². The maximum Gasteiger partial charge on any atom is 0.261 e. The van der Waals surface area contributed by atoms with Crippen molar-refractivity contribution in [3.8, 4) is 0 Å². The van der Waals surface area contributed by atoms with Gasteiger partial charge in [-0.3, -0.25) is 4.79 Å². The molecular formula is C13H12F3NO2. The van der Waals surface area contributed by atoms with E-state index in [-0.39, 0.29) is 29.8 Å². The number of alkyl halides is 2. The number of Topliss-reactive ketones (excluding diaryl/α,β-unsaturated/α-hetero) is 1. The van der Waals surface area contributed by atoms with Crippen LogP contribution in [-0.2, 0) is 4.74 Å². The number of hydrogen-bond acceptors (Lipinski definition) is 2. The second-order valence-corrected chi connectivity index (χ2v) is 4.00. The third-order valence-electron chi connectivity index (χ3n) is 2.67. The summed E-state index contributed by atoms with van der Waals surface area (Å²) >= 11 is 0. The Bertz CT molecular complexity index is 580. The number of carbonyl (C=O) groups is 1. The van der Waals surface area contributed by atoms with Gasteiger partial charge in [0.15, 0.2) is 5.78 Å². The van der Waals surface area contributed by atoms with Crippen LogP contribution >= 0.6 is 0 Å². The predicted octanol–water partition coefficient (Wildman–Crippen LogP) is 3.16. The first-order valence-electron chi connectivity index (χ1n) is 5.74. The average Bonchev–Trinajstić information content (AvgIpc) is 2.79. The molecule has 0 radical (unpaired) electrons. The normalized spacial score (nSPS) is 11.4. The molecule has 1 heterocycles. The fourth-order valence-corrected chi connectivity index (χ4v) is 1.83. The van der Waals surface area contributed by atoms with Crippen LogP contribution in [0.3, 0.4) is 0 Å². The number of H-pyrrole nitrogens is 1. The number of ketones is 1. The monoisotopic (exact) mass is 271 g/mol. The molecule has 0 atom stereocenters. The zero-order chi connectivity index (χ0) is 13.8. The van der Waals surface area contributed by atoms with Crippen LogP contribution in [0.25, 0.3) is 10.9 Å². The zero-order valence-corrected chi connectivity index (χ0v) is 9.96. The maximum atomic E-state index is 13.6. The topological polar surface area (TPSA) is 42.1 Å². The number of hydrogen-bond donors (Lipinski definition) is 1. The minimum Gasteiger partial charge on any atom is -0.375 e. The molecule has 1 N–H and O–H groups in total. The molecule has 6 heteroatoms. The van der Waals surface area contributed by atoms with Gasteiger partial charge >= 0.3 is 0 Å². The molecule has 0 amide bonds.